The fraction of sp³-hybridized carbons (Fsp3) is 0.381. The number of ether oxygens (including phenoxy) is 2. The molecule has 0 saturated carbocycles. The molecular weight excluding hydrogens is 413 g/mol. The molecule has 0 radical (unpaired) electrons. The van der Waals surface area contributed by atoms with Crippen LogP contribution in [0.2, 0.25) is 0 Å². The van der Waals surface area contributed by atoms with E-state index in [0.29, 0.717) is 42.2 Å². The van der Waals surface area contributed by atoms with E-state index in [1.807, 2.05) is 19.9 Å². The first-order valence-corrected chi connectivity index (χ1v) is 9.75. The molecule has 1 aromatic carbocycles. The number of halogens is 3. The van der Waals surface area contributed by atoms with E-state index in [4.69, 9.17) is 4.74 Å². The van der Waals surface area contributed by atoms with Crippen molar-refractivity contribution < 1.29 is 27.4 Å². The molecule has 164 valence electrons. The van der Waals surface area contributed by atoms with Gasteiger partial charge in [0, 0.05) is 25.0 Å². The number of amides is 1. The molecule has 0 atom stereocenters. The van der Waals surface area contributed by atoms with Crippen LogP contribution in [0.15, 0.2) is 24.3 Å². The minimum Gasteiger partial charge on any atom is -0.466 e. The molecule has 0 unspecified atom stereocenters. The lowest BCUT2D eigenvalue weighted by atomic mass is 10.0. The van der Waals surface area contributed by atoms with Gasteiger partial charge in [-0.3, -0.25) is 4.79 Å². The summed E-state index contributed by atoms with van der Waals surface area (Å²) in [6, 6.07) is 5.93. The first-order valence-electron chi connectivity index (χ1n) is 9.75. The van der Waals surface area contributed by atoms with Crippen molar-refractivity contribution in [2.45, 2.75) is 33.1 Å². The van der Waals surface area contributed by atoms with Crippen molar-refractivity contribution in [3.63, 3.8) is 0 Å². The number of hydrogen-bond donors (Lipinski definition) is 0. The zero-order valence-corrected chi connectivity index (χ0v) is 17.3. The van der Waals surface area contributed by atoms with Crippen molar-refractivity contribution in [1.29, 1.82) is 0 Å². The summed E-state index contributed by atoms with van der Waals surface area (Å²) in [5, 5.41) is 5.08. The Bertz CT molecular complexity index is 1160. The molecule has 1 amide bonds. The predicted molar refractivity (Wildman–Crippen MR) is 107 cm³/mol. The second kappa shape index (κ2) is 7.75. The Morgan fingerprint density at radius 3 is 2.74 bits per heavy atom. The second-order valence-electron chi connectivity index (χ2n) is 7.48. The van der Waals surface area contributed by atoms with E-state index in [1.54, 1.807) is 11.7 Å². The van der Waals surface area contributed by atoms with Crippen LogP contribution in [0, 0.1) is 13.8 Å². The van der Waals surface area contributed by atoms with Gasteiger partial charge < -0.3 is 14.4 Å². The van der Waals surface area contributed by atoms with E-state index in [1.165, 1.54) is 23.1 Å². The number of aromatic nitrogens is 3. The third-order valence-electron chi connectivity index (χ3n) is 5.12. The minimum absolute atomic E-state index is 0.250. The molecule has 4 rings (SSSR count). The van der Waals surface area contributed by atoms with Gasteiger partial charge in [0.1, 0.15) is 5.75 Å². The minimum atomic E-state index is -4.76. The molecule has 3 heterocycles. The van der Waals surface area contributed by atoms with Crippen molar-refractivity contribution in [2.75, 3.05) is 18.1 Å². The fourth-order valence-corrected chi connectivity index (χ4v) is 3.89. The topological polar surface area (TPSA) is 69.5 Å². The van der Waals surface area contributed by atoms with Crippen molar-refractivity contribution >= 4 is 22.6 Å². The molecule has 7 nitrogen and oxygen atoms in total. The zero-order valence-electron chi connectivity index (χ0n) is 17.3. The predicted octanol–water partition coefficient (Wildman–Crippen LogP) is 3.84. The Hall–Kier alpha value is -3.30. The Morgan fingerprint density at radius 2 is 2.00 bits per heavy atom. The molecule has 0 saturated heterocycles. The summed E-state index contributed by atoms with van der Waals surface area (Å²) >= 11 is 0. The lowest BCUT2D eigenvalue weighted by Gasteiger charge is -2.29. The molecule has 0 bridgehead atoms. The van der Waals surface area contributed by atoms with Crippen LogP contribution in [0.5, 0.6) is 11.6 Å². The normalized spacial score (nSPS) is 13.9. The van der Waals surface area contributed by atoms with Crippen molar-refractivity contribution in [1.82, 2.24) is 14.8 Å². The van der Waals surface area contributed by atoms with Crippen LogP contribution in [0.1, 0.15) is 23.2 Å². The van der Waals surface area contributed by atoms with Crippen LogP contribution in [0.3, 0.4) is 0 Å². The van der Waals surface area contributed by atoms with Crippen molar-refractivity contribution in [3.05, 3.63) is 41.1 Å². The average molecular weight is 434 g/mol. The van der Waals surface area contributed by atoms with E-state index < -0.39 is 6.36 Å². The molecule has 0 aliphatic carbocycles. The monoisotopic (exact) mass is 434 g/mol. The number of anilines is 1. The molecule has 0 spiro atoms. The van der Waals surface area contributed by atoms with Gasteiger partial charge >= 0.3 is 6.36 Å². The molecule has 0 fully saturated rings. The van der Waals surface area contributed by atoms with Gasteiger partial charge in [0.2, 0.25) is 5.88 Å². The molecule has 1 aliphatic heterocycles. The number of carbonyl (C=O) groups is 1. The highest BCUT2D eigenvalue weighted by Gasteiger charge is 2.32. The van der Waals surface area contributed by atoms with Gasteiger partial charge in [-0.25, -0.2) is 9.67 Å². The average Bonchev–Trinajstić information content (AvgIpc) is 3.00. The number of hydrogen-bond acceptors (Lipinski definition) is 5. The molecule has 0 N–H and O–H groups in total. The largest absolute Gasteiger partial charge is 0.573 e. The van der Waals surface area contributed by atoms with Crippen LogP contribution in [0.25, 0.3) is 11.0 Å². The standard InChI is InChI=1S/C21H21F3N4O3/c1-12-9-13(2)25-19-18(12)20(26-27(19)3)30-11-17(29)28-8-4-5-14-10-15(6-7-16(14)28)31-21(22,23)24/h6-7,9-10H,4-5,8,11H2,1-3H3. The Morgan fingerprint density at radius 1 is 1.23 bits per heavy atom. The summed E-state index contributed by atoms with van der Waals surface area (Å²) < 4.78 is 48.8. The maximum atomic E-state index is 12.9. The first-order chi connectivity index (χ1) is 14.6. The number of nitrogens with zero attached hydrogens (tertiary/aromatic N) is 4. The molecule has 31 heavy (non-hydrogen) atoms. The molecular formula is C21H21F3N4O3. The number of carbonyl (C=O) groups excluding carboxylic acids is 1. The van der Waals surface area contributed by atoms with E-state index in [0.717, 1.165) is 16.6 Å². The lowest BCUT2D eigenvalue weighted by Crippen LogP contribution is -2.38. The van der Waals surface area contributed by atoms with Crippen molar-refractivity contribution in [3.8, 4) is 11.6 Å². The maximum absolute atomic E-state index is 12.9. The summed E-state index contributed by atoms with van der Waals surface area (Å²) in [7, 11) is 1.75. The highest BCUT2D eigenvalue weighted by Crippen LogP contribution is 2.33. The van der Waals surface area contributed by atoms with Crippen molar-refractivity contribution in [2.24, 2.45) is 7.05 Å². The number of fused-ring (bicyclic) bond motifs is 2. The Balaban J connectivity index is 1.53. The van der Waals surface area contributed by atoms with Gasteiger partial charge in [-0.1, -0.05) is 0 Å². The highest BCUT2D eigenvalue weighted by atomic mass is 19.4. The van der Waals surface area contributed by atoms with Crippen LogP contribution < -0.4 is 14.4 Å². The molecule has 2 aromatic heterocycles. The number of aryl methyl sites for hydroxylation is 4. The summed E-state index contributed by atoms with van der Waals surface area (Å²) in [4.78, 5) is 18.9. The van der Waals surface area contributed by atoms with Gasteiger partial charge in [-0.15, -0.1) is 18.3 Å². The van der Waals surface area contributed by atoms with Gasteiger partial charge in [-0.2, -0.15) is 0 Å². The maximum Gasteiger partial charge on any atom is 0.573 e. The van der Waals surface area contributed by atoms with E-state index in [2.05, 4.69) is 14.8 Å². The quantitative estimate of drug-likeness (QED) is 0.624. The summed E-state index contributed by atoms with van der Waals surface area (Å²) in [5.74, 6) is -0.279. The number of pyridine rings is 1. The fourth-order valence-electron chi connectivity index (χ4n) is 3.89. The molecule has 1 aliphatic rings. The van der Waals surface area contributed by atoms with Crippen LogP contribution >= 0.6 is 0 Å². The smallest absolute Gasteiger partial charge is 0.466 e. The summed E-state index contributed by atoms with van der Waals surface area (Å²) in [6.45, 7) is 4.02. The Kier molecular flexibility index (Phi) is 5.24. The Labute approximate surface area is 176 Å². The van der Waals surface area contributed by atoms with Crippen LogP contribution in [-0.2, 0) is 18.3 Å². The second-order valence-corrected chi connectivity index (χ2v) is 7.48. The van der Waals surface area contributed by atoms with Crippen LogP contribution in [0.4, 0.5) is 18.9 Å². The molecule has 3 aromatic rings. The van der Waals surface area contributed by atoms with E-state index in [-0.39, 0.29) is 18.3 Å². The van der Waals surface area contributed by atoms with Crippen LogP contribution in [-0.4, -0.2) is 40.2 Å². The first kappa shape index (κ1) is 21.0. The summed E-state index contributed by atoms with van der Waals surface area (Å²) in [6.07, 6.45) is -3.57. The lowest BCUT2D eigenvalue weighted by molar-refractivity contribution is -0.274. The number of rotatable bonds is 4. The third-order valence-corrected chi connectivity index (χ3v) is 5.12. The molecule has 10 heteroatoms. The van der Waals surface area contributed by atoms with Gasteiger partial charge in [0.15, 0.2) is 12.3 Å². The van der Waals surface area contributed by atoms with Gasteiger partial charge in [0.05, 0.1) is 5.39 Å². The van der Waals surface area contributed by atoms with E-state index >= 15 is 0 Å². The SMILES string of the molecule is Cc1cc(C)c2c(OCC(=O)N3CCCc4cc(OC(F)(F)F)ccc43)nn(C)c2n1. The number of benzene rings is 1. The zero-order chi connectivity index (χ0) is 22.3. The number of alkyl halides is 3. The third kappa shape index (κ3) is 4.28. The summed E-state index contributed by atoms with van der Waals surface area (Å²) in [5.41, 5.74) is 3.65. The van der Waals surface area contributed by atoms with Gasteiger partial charge in [0.25, 0.3) is 5.91 Å². The van der Waals surface area contributed by atoms with Gasteiger partial charge in [-0.05, 0) is 62.1 Å². The highest BCUT2D eigenvalue weighted by molar-refractivity contribution is 5.96. The van der Waals surface area contributed by atoms with E-state index in [9.17, 15) is 18.0 Å².